The Morgan fingerprint density at radius 1 is 1.00 bits per heavy atom. The fourth-order valence-electron chi connectivity index (χ4n) is 2.11. The Bertz CT molecular complexity index is 646. The van der Waals surface area contributed by atoms with E-state index in [2.05, 4.69) is 5.32 Å². The normalized spacial score (nSPS) is 10.7. The predicted octanol–water partition coefficient (Wildman–Crippen LogP) is 2.71. The maximum Gasteiger partial charge on any atom is 0.234 e. The van der Waals surface area contributed by atoms with Crippen molar-refractivity contribution in [2.75, 3.05) is 13.6 Å². The Labute approximate surface area is 128 Å². The van der Waals surface area contributed by atoms with Crippen LogP contribution in [0.1, 0.15) is 11.1 Å². The number of benzene rings is 2. The number of hydrogen-bond donors (Lipinski definition) is 1. The van der Waals surface area contributed by atoms with E-state index in [1.165, 1.54) is 12.1 Å². The minimum absolute atomic E-state index is 0.114. The minimum atomic E-state index is -0.345. The van der Waals surface area contributed by atoms with Gasteiger partial charge in [0.1, 0.15) is 11.6 Å². The lowest BCUT2D eigenvalue weighted by Crippen LogP contribution is -2.34. The molecule has 0 radical (unpaired) electrons. The van der Waals surface area contributed by atoms with Crippen molar-refractivity contribution in [3.8, 4) is 0 Å². The second-order valence-corrected chi connectivity index (χ2v) is 5.13. The van der Waals surface area contributed by atoms with Gasteiger partial charge in [-0.2, -0.15) is 0 Å². The number of amides is 1. The molecule has 0 spiro atoms. The summed E-state index contributed by atoms with van der Waals surface area (Å²) in [4.78, 5) is 13.5. The van der Waals surface area contributed by atoms with Gasteiger partial charge in [0.2, 0.25) is 5.91 Å². The van der Waals surface area contributed by atoms with Gasteiger partial charge in [0.25, 0.3) is 0 Å². The molecule has 2 aromatic carbocycles. The summed E-state index contributed by atoms with van der Waals surface area (Å²) in [6.07, 6.45) is 0. The van der Waals surface area contributed by atoms with Crippen molar-refractivity contribution in [3.05, 3.63) is 71.3 Å². The first kappa shape index (κ1) is 16.1. The van der Waals surface area contributed by atoms with Gasteiger partial charge in [0.05, 0.1) is 6.54 Å². The first-order valence-electron chi connectivity index (χ1n) is 6.98. The largest absolute Gasteiger partial charge is 0.351 e. The standard InChI is InChI=1S/C17H18F2N2O/c1-21(11-14-7-3-5-9-16(14)19)12-17(22)20-10-13-6-2-4-8-15(13)18/h2-9H,10-12H2,1H3,(H,20,22). The number of carbonyl (C=O) groups excluding carboxylic acids is 1. The highest BCUT2D eigenvalue weighted by atomic mass is 19.1. The van der Waals surface area contributed by atoms with Gasteiger partial charge >= 0.3 is 0 Å². The minimum Gasteiger partial charge on any atom is -0.351 e. The Balaban J connectivity index is 1.82. The molecule has 2 aromatic rings. The van der Waals surface area contributed by atoms with Crippen molar-refractivity contribution >= 4 is 5.91 Å². The van der Waals surface area contributed by atoms with Crippen molar-refractivity contribution in [1.82, 2.24) is 10.2 Å². The molecule has 0 saturated heterocycles. The van der Waals surface area contributed by atoms with Crippen LogP contribution in [0.3, 0.4) is 0 Å². The number of likely N-dealkylation sites (N-methyl/N-ethyl adjacent to an activating group) is 1. The lowest BCUT2D eigenvalue weighted by molar-refractivity contribution is -0.122. The van der Waals surface area contributed by atoms with Crippen LogP contribution in [-0.4, -0.2) is 24.4 Å². The molecule has 1 amide bonds. The molecule has 0 saturated carbocycles. The second kappa shape index (κ2) is 7.66. The zero-order chi connectivity index (χ0) is 15.9. The van der Waals surface area contributed by atoms with Crippen LogP contribution in [-0.2, 0) is 17.9 Å². The van der Waals surface area contributed by atoms with Crippen LogP contribution in [0, 0.1) is 11.6 Å². The van der Waals surface area contributed by atoms with E-state index in [9.17, 15) is 13.6 Å². The molecule has 22 heavy (non-hydrogen) atoms. The molecule has 0 aliphatic rings. The summed E-state index contributed by atoms with van der Waals surface area (Å²) < 4.78 is 27.0. The van der Waals surface area contributed by atoms with Gasteiger partial charge in [-0.3, -0.25) is 9.69 Å². The second-order valence-electron chi connectivity index (χ2n) is 5.13. The van der Waals surface area contributed by atoms with E-state index in [0.717, 1.165) is 0 Å². The fourth-order valence-corrected chi connectivity index (χ4v) is 2.11. The zero-order valence-corrected chi connectivity index (χ0v) is 12.4. The fraction of sp³-hybridized carbons (Fsp3) is 0.235. The zero-order valence-electron chi connectivity index (χ0n) is 12.4. The van der Waals surface area contributed by atoms with Gasteiger partial charge in [-0.1, -0.05) is 36.4 Å². The summed E-state index contributed by atoms with van der Waals surface area (Å²) in [5.74, 6) is -0.870. The number of halogens is 2. The summed E-state index contributed by atoms with van der Waals surface area (Å²) in [5, 5.41) is 2.66. The summed E-state index contributed by atoms with van der Waals surface area (Å²) in [6, 6.07) is 12.7. The number of nitrogens with zero attached hydrogens (tertiary/aromatic N) is 1. The van der Waals surface area contributed by atoms with Crippen LogP contribution in [0.4, 0.5) is 8.78 Å². The Kier molecular flexibility index (Phi) is 5.61. The highest BCUT2D eigenvalue weighted by Crippen LogP contribution is 2.09. The third-order valence-corrected chi connectivity index (χ3v) is 3.25. The van der Waals surface area contributed by atoms with Gasteiger partial charge in [0, 0.05) is 24.2 Å². The molecule has 0 aliphatic carbocycles. The third-order valence-electron chi connectivity index (χ3n) is 3.25. The maximum atomic E-state index is 13.5. The van der Waals surface area contributed by atoms with Crippen LogP contribution in [0.5, 0.6) is 0 Å². The quantitative estimate of drug-likeness (QED) is 0.890. The summed E-state index contributed by atoms with van der Waals surface area (Å²) in [7, 11) is 1.73. The van der Waals surface area contributed by atoms with E-state index in [0.29, 0.717) is 17.7 Å². The molecule has 0 atom stereocenters. The highest BCUT2D eigenvalue weighted by molar-refractivity contribution is 5.77. The van der Waals surface area contributed by atoms with E-state index < -0.39 is 0 Å². The molecule has 0 heterocycles. The average Bonchev–Trinajstić information content (AvgIpc) is 2.49. The van der Waals surface area contributed by atoms with Crippen molar-refractivity contribution < 1.29 is 13.6 Å². The predicted molar refractivity (Wildman–Crippen MR) is 81.0 cm³/mol. The van der Waals surface area contributed by atoms with Gasteiger partial charge in [-0.25, -0.2) is 8.78 Å². The van der Waals surface area contributed by atoms with E-state index in [1.807, 2.05) is 0 Å². The van der Waals surface area contributed by atoms with Gasteiger partial charge in [-0.05, 0) is 19.2 Å². The van der Waals surface area contributed by atoms with Gasteiger partial charge in [-0.15, -0.1) is 0 Å². The third kappa shape index (κ3) is 4.63. The molecule has 0 aliphatic heterocycles. The van der Waals surface area contributed by atoms with E-state index in [-0.39, 0.29) is 30.6 Å². The van der Waals surface area contributed by atoms with Crippen LogP contribution >= 0.6 is 0 Å². The molecule has 3 nitrogen and oxygen atoms in total. The molecule has 0 bridgehead atoms. The van der Waals surface area contributed by atoms with Crippen LogP contribution in [0.2, 0.25) is 0 Å². The van der Waals surface area contributed by atoms with E-state index in [1.54, 1.807) is 48.3 Å². The molecule has 0 unspecified atom stereocenters. The number of nitrogens with one attached hydrogen (secondary N) is 1. The maximum absolute atomic E-state index is 13.5. The van der Waals surface area contributed by atoms with Crippen molar-refractivity contribution in [2.45, 2.75) is 13.1 Å². The van der Waals surface area contributed by atoms with E-state index in [4.69, 9.17) is 0 Å². The summed E-state index contributed by atoms with van der Waals surface area (Å²) in [6.45, 7) is 0.585. The topological polar surface area (TPSA) is 32.3 Å². The van der Waals surface area contributed by atoms with Crippen LogP contribution in [0.25, 0.3) is 0 Å². The van der Waals surface area contributed by atoms with Crippen LogP contribution < -0.4 is 5.32 Å². The molecule has 5 heteroatoms. The molecule has 0 fully saturated rings. The van der Waals surface area contributed by atoms with Gasteiger partial charge < -0.3 is 5.32 Å². The highest BCUT2D eigenvalue weighted by Gasteiger charge is 2.10. The first-order chi connectivity index (χ1) is 10.6. The van der Waals surface area contributed by atoms with Gasteiger partial charge in [0.15, 0.2) is 0 Å². The number of rotatable bonds is 6. The molecule has 2 rings (SSSR count). The Morgan fingerprint density at radius 2 is 1.55 bits per heavy atom. The number of hydrogen-bond acceptors (Lipinski definition) is 2. The summed E-state index contributed by atoms with van der Waals surface area (Å²) >= 11 is 0. The average molecular weight is 304 g/mol. The lowest BCUT2D eigenvalue weighted by Gasteiger charge is -2.16. The van der Waals surface area contributed by atoms with E-state index >= 15 is 0 Å². The van der Waals surface area contributed by atoms with Crippen molar-refractivity contribution in [3.63, 3.8) is 0 Å². The molecule has 0 aromatic heterocycles. The SMILES string of the molecule is CN(CC(=O)NCc1ccccc1F)Cc1ccccc1F. The smallest absolute Gasteiger partial charge is 0.234 e. The molecule has 116 valence electrons. The molecular weight excluding hydrogens is 286 g/mol. The molecular formula is C17H18F2N2O. The van der Waals surface area contributed by atoms with Crippen molar-refractivity contribution in [2.24, 2.45) is 0 Å². The number of carbonyl (C=O) groups is 1. The Morgan fingerprint density at radius 3 is 2.14 bits per heavy atom. The monoisotopic (exact) mass is 304 g/mol. The first-order valence-corrected chi connectivity index (χ1v) is 6.98. The Hall–Kier alpha value is -2.27. The molecule has 1 N–H and O–H groups in total. The van der Waals surface area contributed by atoms with Crippen LogP contribution in [0.15, 0.2) is 48.5 Å². The lowest BCUT2D eigenvalue weighted by atomic mass is 10.2. The summed E-state index contributed by atoms with van der Waals surface area (Å²) in [5.41, 5.74) is 0.972. The van der Waals surface area contributed by atoms with Crippen molar-refractivity contribution in [1.29, 1.82) is 0 Å².